The zero-order valence-electron chi connectivity index (χ0n) is 10.5. The van der Waals surface area contributed by atoms with Gasteiger partial charge in [0, 0.05) is 17.8 Å². The van der Waals surface area contributed by atoms with E-state index >= 15 is 0 Å². The quantitative estimate of drug-likeness (QED) is 0.887. The van der Waals surface area contributed by atoms with Crippen LogP contribution in [0.1, 0.15) is 16.1 Å². The van der Waals surface area contributed by atoms with E-state index in [1.54, 1.807) is 30.5 Å². The third-order valence-electron chi connectivity index (χ3n) is 2.74. The van der Waals surface area contributed by atoms with Gasteiger partial charge < -0.3 is 15.0 Å². The number of benzene rings is 1. The van der Waals surface area contributed by atoms with Gasteiger partial charge in [0.1, 0.15) is 12.2 Å². The van der Waals surface area contributed by atoms with Crippen LogP contribution >= 0.6 is 11.6 Å². The lowest BCUT2D eigenvalue weighted by Gasteiger charge is -2.08. The molecule has 0 aliphatic carbocycles. The fourth-order valence-corrected chi connectivity index (χ4v) is 2.02. The second kappa shape index (κ2) is 6.25. The topological polar surface area (TPSA) is 71.3 Å². The van der Waals surface area contributed by atoms with E-state index in [0.717, 1.165) is 5.56 Å². The minimum atomic E-state index is -1.06. The molecule has 0 saturated carbocycles. The number of nitrogens with zero attached hydrogens (tertiary/aromatic N) is 1. The molecule has 2 aromatic rings. The third kappa shape index (κ3) is 3.61. The van der Waals surface area contributed by atoms with Gasteiger partial charge in [0.2, 0.25) is 5.91 Å². The molecule has 0 fully saturated rings. The summed E-state index contributed by atoms with van der Waals surface area (Å²) >= 11 is 5.85. The molecule has 1 aromatic carbocycles. The summed E-state index contributed by atoms with van der Waals surface area (Å²) in [5, 5.41) is 12.3. The highest BCUT2D eigenvalue weighted by atomic mass is 35.5. The number of amides is 1. The summed E-state index contributed by atoms with van der Waals surface area (Å²) in [6.07, 6.45) is 1.56. The average molecular weight is 293 g/mol. The smallest absolute Gasteiger partial charge is 0.352 e. The van der Waals surface area contributed by atoms with Crippen molar-refractivity contribution >= 4 is 23.5 Å². The molecule has 0 bridgehead atoms. The van der Waals surface area contributed by atoms with Gasteiger partial charge >= 0.3 is 5.97 Å². The summed E-state index contributed by atoms with van der Waals surface area (Å²) in [6.45, 7) is 0.318. The van der Waals surface area contributed by atoms with E-state index in [-0.39, 0.29) is 18.1 Å². The second-order valence-electron chi connectivity index (χ2n) is 4.23. The second-order valence-corrected chi connectivity index (χ2v) is 4.67. The van der Waals surface area contributed by atoms with Crippen molar-refractivity contribution in [2.45, 2.75) is 13.1 Å². The van der Waals surface area contributed by atoms with Crippen molar-refractivity contribution in [2.24, 2.45) is 0 Å². The van der Waals surface area contributed by atoms with Crippen LogP contribution < -0.4 is 5.32 Å². The first-order chi connectivity index (χ1) is 9.56. The molecule has 2 N–H and O–H groups in total. The predicted molar refractivity (Wildman–Crippen MR) is 74.7 cm³/mol. The maximum Gasteiger partial charge on any atom is 0.352 e. The maximum atomic E-state index is 11.8. The Kier molecular flexibility index (Phi) is 4.42. The van der Waals surface area contributed by atoms with Crippen LogP contribution in [0, 0.1) is 0 Å². The van der Waals surface area contributed by atoms with Gasteiger partial charge in [-0.25, -0.2) is 4.79 Å². The zero-order valence-corrected chi connectivity index (χ0v) is 11.3. The number of carbonyl (C=O) groups is 2. The van der Waals surface area contributed by atoms with Crippen molar-refractivity contribution < 1.29 is 14.7 Å². The first-order valence-corrected chi connectivity index (χ1v) is 6.33. The summed E-state index contributed by atoms with van der Waals surface area (Å²) in [5.74, 6) is -1.32. The number of rotatable bonds is 5. The van der Waals surface area contributed by atoms with E-state index < -0.39 is 5.97 Å². The van der Waals surface area contributed by atoms with Crippen LogP contribution in [0.3, 0.4) is 0 Å². The fraction of sp³-hybridized carbons (Fsp3) is 0.143. The number of nitrogens with one attached hydrogen (secondary N) is 1. The number of aromatic carboxylic acids is 1. The van der Waals surface area contributed by atoms with Crippen molar-refractivity contribution in [3.63, 3.8) is 0 Å². The highest BCUT2D eigenvalue weighted by Gasteiger charge is 2.11. The molecule has 0 aliphatic heterocycles. The van der Waals surface area contributed by atoms with Crippen molar-refractivity contribution in [3.8, 4) is 0 Å². The molecule has 20 heavy (non-hydrogen) atoms. The molecular weight excluding hydrogens is 280 g/mol. The molecule has 0 unspecified atom stereocenters. The molecule has 1 aromatic heterocycles. The third-order valence-corrected chi connectivity index (χ3v) is 2.98. The van der Waals surface area contributed by atoms with Crippen molar-refractivity contribution in [2.75, 3.05) is 0 Å². The van der Waals surface area contributed by atoms with E-state index in [2.05, 4.69) is 5.32 Å². The lowest BCUT2D eigenvalue weighted by molar-refractivity contribution is -0.121. The normalized spacial score (nSPS) is 10.2. The van der Waals surface area contributed by atoms with Crippen LogP contribution in [0.25, 0.3) is 0 Å². The number of carbonyl (C=O) groups excluding carboxylic acids is 1. The molecule has 0 radical (unpaired) electrons. The Morgan fingerprint density at radius 1 is 1.25 bits per heavy atom. The van der Waals surface area contributed by atoms with E-state index in [9.17, 15) is 9.59 Å². The highest BCUT2D eigenvalue weighted by Crippen LogP contribution is 2.10. The SMILES string of the molecule is O=C(Cn1cccc1C(=O)O)NCc1cccc(Cl)c1. The van der Waals surface area contributed by atoms with Crippen molar-refractivity contribution in [3.05, 3.63) is 58.9 Å². The number of carboxylic acid groups (broad SMARTS) is 1. The first kappa shape index (κ1) is 14.1. The van der Waals surface area contributed by atoms with Crippen molar-refractivity contribution in [1.82, 2.24) is 9.88 Å². The van der Waals surface area contributed by atoms with Gasteiger partial charge in [0.15, 0.2) is 0 Å². The molecule has 0 atom stereocenters. The van der Waals surface area contributed by atoms with Crippen LogP contribution in [0.2, 0.25) is 5.02 Å². The van der Waals surface area contributed by atoms with Crippen LogP contribution in [0.15, 0.2) is 42.6 Å². The monoisotopic (exact) mass is 292 g/mol. The Morgan fingerprint density at radius 3 is 2.75 bits per heavy atom. The van der Waals surface area contributed by atoms with Gasteiger partial charge in [-0.05, 0) is 29.8 Å². The van der Waals surface area contributed by atoms with Crippen LogP contribution in [0.5, 0.6) is 0 Å². The Labute approximate surface area is 120 Å². The van der Waals surface area contributed by atoms with Crippen LogP contribution in [-0.4, -0.2) is 21.6 Å². The van der Waals surface area contributed by atoms with Gasteiger partial charge in [-0.1, -0.05) is 23.7 Å². The first-order valence-electron chi connectivity index (χ1n) is 5.96. The molecule has 0 saturated heterocycles. The molecule has 104 valence electrons. The van der Waals surface area contributed by atoms with E-state index in [1.165, 1.54) is 10.6 Å². The Balaban J connectivity index is 1.93. The van der Waals surface area contributed by atoms with Gasteiger partial charge in [-0.3, -0.25) is 4.79 Å². The lowest BCUT2D eigenvalue weighted by atomic mass is 10.2. The Bertz CT molecular complexity index is 637. The molecule has 6 heteroatoms. The minimum Gasteiger partial charge on any atom is -0.477 e. The minimum absolute atomic E-state index is 0.0325. The highest BCUT2D eigenvalue weighted by molar-refractivity contribution is 6.30. The van der Waals surface area contributed by atoms with Gasteiger partial charge in [-0.2, -0.15) is 0 Å². The Hall–Kier alpha value is -2.27. The van der Waals surface area contributed by atoms with E-state index in [1.807, 2.05) is 6.07 Å². The molecule has 0 spiro atoms. The number of halogens is 1. The molecule has 5 nitrogen and oxygen atoms in total. The summed E-state index contributed by atoms with van der Waals surface area (Å²) in [4.78, 5) is 22.7. The number of carboxylic acids is 1. The molecule has 2 rings (SSSR count). The van der Waals surface area contributed by atoms with Crippen LogP contribution in [0.4, 0.5) is 0 Å². The molecular formula is C14H13ClN2O3. The summed E-state index contributed by atoms with van der Waals surface area (Å²) in [5.41, 5.74) is 0.972. The molecule has 0 aliphatic rings. The zero-order chi connectivity index (χ0) is 14.5. The van der Waals surface area contributed by atoms with Gasteiger partial charge in [0.25, 0.3) is 0 Å². The number of hydrogen-bond donors (Lipinski definition) is 2. The largest absolute Gasteiger partial charge is 0.477 e. The van der Waals surface area contributed by atoms with Crippen molar-refractivity contribution in [1.29, 1.82) is 0 Å². The number of aromatic nitrogens is 1. The van der Waals surface area contributed by atoms with Gasteiger partial charge in [0.05, 0.1) is 0 Å². The fourth-order valence-electron chi connectivity index (χ4n) is 1.80. The Morgan fingerprint density at radius 2 is 2.05 bits per heavy atom. The standard InChI is InChI=1S/C14H13ClN2O3/c15-11-4-1-3-10(7-11)8-16-13(18)9-17-6-2-5-12(17)14(19)20/h1-7H,8-9H2,(H,16,18)(H,19,20). The van der Waals surface area contributed by atoms with Crippen LogP contribution in [-0.2, 0) is 17.9 Å². The van der Waals surface area contributed by atoms with E-state index in [4.69, 9.17) is 16.7 Å². The van der Waals surface area contributed by atoms with E-state index in [0.29, 0.717) is 11.6 Å². The number of hydrogen-bond acceptors (Lipinski definition) is 2. The summed E-state index contributed by atoms with van der Waals surface area (Å²) in [7, 11) is 0. The molecule has 1 amide bonds. The maximum absolute atomic E-state index is 11.8. The van der Waals surface area contributed by atoms with Gasteiger partial charge in [-0.15, -0.1) is 0 Å². The lowest BCUT2D eigenvalue weighted by Crippen LogP contribution is -2.28. The summed E-state index contributed by atoms with van der Waals surface area (Å²) in [6, 6.07) is 10.2. The summed E-state index contributed by atoms with van der Waals surface area (Å²) < 4.78 is 1.38. The predicted octanol–water partition coefficient (Wildman–Crippen LogP) is 2.16. The molecule has 1 heterocycles. The average Bonchev–Trinajstić information content (AvgIpc) is 2.85.